The molecule has 12 heteroatoms. The van der Waals surface area contributed by atoms with Gasteiger partial charge in [-0.25, -0.2) is 0 Å². The highest BCUT2D eigenvalue weighted by Gasteiger charge is 2.27. The van der Waals surface area contributed by atoms with Crippen molar-refractivity contribution in [3.05, 3.63) is 0 Å². The predicted molar refractivity (Wildman–Crippen MR) is 108 cm³/mol. The van der Waals surface area contributed by atoms with Crippen molar-refractivity contribution < 1.29 is 24.3 Å². The topological polar surface area (TPSA) is 215 Å². The summed E-state index contributed by atoms with van der Waals surface area (Å²) in [5.74, 6) is -2.86. The number of carboxylic acids is 1. The van der Waals surface area contributed by atoms with Crippen molar-refractivity contribution in [2.24, 2.45) is 28.1 Å². The highest BCUT2D eigenvalue weighted by molar-refractivity contribution is 5.93. The minimum absolute atomic E-state index is 0.0433. The van der Waals surface area contributed by atoms with E-state index in [-0.39, 0.29) is 11.9 Å². The minimum atomic E-state index is -1.20. The van der Waals surface area contributed by atoms with Gasteiger partial charge in [0.1, 0.15) is 18.6 Å². The summed E-state index contributed by atoms with van der Waals surface area (Å²) in [6.45, 7) is 4.95. The molecular weight excluding hydrogens is 382 g/mol. The first-order chi connectivity index (χ1) is 13.4. The van der Waals surface area contributed by atoms with Crippen LogP contribution in [0.2, 0.25) is 0 Å². The van der Waals surface area contributed by atoms with Gasteiger partial charge < -0.3 is 38.3 Å². The number of aliphatic imine (C=N–C) groups is 1. The van der Waals surface area contributed by atoms with E-state index in [1.807, 2.05) is 13.8 Å². The van der Waals surface area contributed by atoms with Crippen LogP contribution in [0.25, 0.3) is 0 Å². The maximum Gasteiger partial charge on any atom is 0.322 e. The first kappa shape index (κ1) is 26.1. The molecule has 0 aliphatic rings. The summed E-state index contributed by atoms with van der Waals surface area (Å²) < 4.78 is 0. The molecule has 3 unspecified atom stereocenters. The second-order valence-electron chi connectivity index (χ2n) is 7.09. The molecule has 0 fully saturated rings. The van der Waals surface area contributed by atoms with Gasteiger partial charge in [0.25, 0.3) is 0 Å². The van der Waals surface area contributed by atoms with Crippen molar-refractivity contribution in [3.8, 4) is 0 Å². The maximum atomic E-state index is 12.5. The second-order valence-corrected chi connectivity index (χ2v) is 7.09. The predicted octanol–water partition coefficient (Wildman–Crippen LogP) is -2.40. The number of hydrogen-bond acceptors (Lipinski definition) is 6. The van der Waals surface area contributed by atoms with Crippen LogP contribution in [0.4, 0.5) is 0 Å². The van der Waals surface area contributed by atoms with E-state index in [0.717, 1.165) is 0 Å². The molecular formula is C17H33N7O5. The van der Waals surface area contributed by atoms with E-state index in [2.05, 4.69) is 20.9 Å². The lowest BCUT2D eigenvalue weighted by Gasteiger charge is -2.23. The number of carbonyl (C=O) groups excluding carboxylic acids is 3. The van der Waals surface area contributed by atoms with Crippen LogP contribution in [-0.4, -0.2) is 66.0 Å². The molecule has 12 nitrogen and oxygen atoms in total. The van der Waals surface area contributed by atoms with E-state index >= 15 is 0 Å². The number of hydrogen-bond donors (Lipinski definition) is 7. The first-order valence-corrected chi connectivity index (χ1v) is 9.35. The molecule has 0 aliphatic heterocycles. The van der Waals surface area contributed by atoms with Gasteiger partial charge in [-0.2, -0.15) is 0 Å². The van der Waals surface area contributed by atoms with Crippen LogP contribution < -0.4 is 33.2 Å². The Morgan fingerprint density at radius 1 is 1.00 bits per heavy atom. The Hall–Kier alpha value is -2.89. The van der Waals surface area contributed by atoms with E-state index in [1.54, 1.807) is 0 Å². The fourth-order valence-corrected chi connectivity index (χ4v) is 2.33. The molecule has 0 aromatic carbocycles. The molecule has 10 N–H and O–H groups in total. The molecule has 3 amide bonds. The number of carboxylic acid groups (broad SMARTS) is 1. The molecule has 166 valence electrons. The second kappa shape index (κ2) is 13.3. The van der Waals surface area contributed by atoms with Crippen molar-refractivity contribution in [3.63, 3.8) is 0 Å². The van der Waals surface area contributed by atoms with Crippen LogP contribution >= 0.6 is 0 Å². The van der Waals surface area contributed by atoms with Crippen molar-refractivity contribution >= 4 is 29.7 Å². The van der Waals surface area contributed by atoms with Gasteiger partial charge in [0, 0.05) is 6.54 Å². The number of nitrogens with zero attached hydrogens (tertiary/aromatic N) is 1. The number of nitrogens with one attached hydrogen (secondary N) is 3. The number of nitrogens with two attached hydrogens (primary N) is 3. The van der Waals surface area contributed by atoms with Crippen LogP contribution in [0.1, 0.15) is 40.0 Å². The zero-order valence-corrected chi connectivity index (χ0v) is 17.1. The summed E-state index contributed by atoms with van der Waals surface area (Å²) >= 11 is 0. The summed E-state index contributed by atoms with van der Waals surface area (Å²) in [6, 6.07) is -2.70. The lowest BCUT2D eigenvalue weighted by molar-refractivity contribution is -0.138. The van der Waals surface area contributed by atoms with Gasteiger partial charge in [-0.05, 0) is 32.1 Å². The summed E-state index contributed by atoms with van der Waals surface area (Å²) in [5, 5.41) is 15.8. The number of carbonyl (C=O) groups is 4. The zero-order valence-electron chi connectivity index (χ0n) is 17.1. The van der Waals surface area contributed by atoms with Gasteiger partial charge in [0.2, 0.25) is 17.7 Å². The first-order valence-electron chi connectivity index (χ1n) is 9.35. The van der Waals surface area contributed by atoms with Crippen LogP contribution in [0, 0.1) is 5.92 Å². The van der Waals surface area contributed by atoms with Gasteiger partial charge >= 0.3 is 5.97 Å². The Bertz CT molecular complexity index is 605. The Labute approximate surface area is 170 Å². The van der Waals surface area contributed by atoms with Crippen molar-refractivity contribution in [1.29, 1.82) is 0 Å². The molecule has 0 aliphatic carbocycles. The maximum absolute atomic E-state index is 12.5. The zero-order chi connectivity index (χ0) is 22.6. The third-order valence-corrected chi connectivity index (χ3v) is 3.81. The normalized spacial score (nSPS) is 13.7. The Kier molecular flexibility index (Phi) is 12.0. The molecule has 29 heavy (non-hydrogen) atoms. The average Bonchev–Trinajstić information content (AvgIpc) is 2.61. The van der Waals surface area contributed by atoms with Gasteiger partial charge in [0.15, 0.2) is 5.96 Å². The van der Waals surface area contributed by atoms with E-state index in [4.69, 9.17) is 22.3 Å². The van der Waals surface area contributed by atoms with E-state index in [1.165, 1.54) is 6.92 Å². The van der Waals surface area contributed by atoms with Crippen LogP contribution in [0.5, 0.6) is 0 Å². The molecule has 0 saturated carbocycles. The van der Waals surface area contributed by atoms with Crippen molar-refractivity contribution in [2.75, 3.05) is 13.1 Å². The van der Waals surface area contributed by atoms with Crippen LogP contribution in [-0.2, 0) is 19.2 Å². The summed E-state index contributed by atoms with van der Waals surface area (Å²) in [7, 11) is 0. The van der Waals surface area contributed by atoms with Gasteiger partial charge in [-0.3, -0.25) is 24.2 Å². The number of rotatable bonds is 13. The standard InChI is InChI=1S/C17H33N7O5/c1-9(2)7-12(16(29)23-10(3)14(27)22-8-13(25)26)24-15(28)11(18)5-4-6-21-17(19)20/h9-12H,4-8,18H2,1-3H3,(H,22,27)(H,23,29)(H,24,28)(H,25,26)(H4,19,20,21). The monoisotopic (exact) mass is 415 g/mol. The minimum Gasteiger partial charge on any atom is -0.480 e. The Balaban J connectivity index is 4.78. The molecule has 0 saturated heterocycles. The van der Waals surface area contributed by atoms with Crippen LogP contribution in [0.15, 0.2) is 4.99 Å². The molecule has 0 heterocycles. The summed E-state index contributed by atoms with van der Waals surface area (Å²) in [4.78, 5) is 51.0. The Morgan fingerprint density at radius 3 is 2.14 bits per heavy atom. The quantitative estimate of drug-likeness (QED) is 0.0975. The fourth-order valence-electron chi connectivity index (χ4n) is 2.33. The smallest absolute Gasteiger partial charge is 0.322 e. The number of amides is 3. The lowest BCUT2D eigenvalue weighted by Crippen LogP contribution is -2.55. The van der Waals surface area contributed by atoms with Crippen molar-refractivity contribution in [1.82, 2.24) is 16.0 Å². The molecule has 0 bridgehead atoms. The van der Waals surface area contributed by atoms with E-state index in [0.29, 0.717) is 25.8 Å². The molecule has 0 aromatic rings. The highest BCUT2D eigenvalue weighted by atomic mass is 16.4. The van der Waals surface area contributed by atoms with Gasteiger partial charge in [-0.1, -0.05) is 13.8 Å². The van der Waals surface area contributed by atoms with E-state index < -0.39 is 48.4 Å². The largest absolute Gasteiger partial charge is 0.480 e. The molecule has 0 aromatic heterocycles. The highest BCUT2D eigenvalue weighted by Crippen LogP contribution is 2.06. The van der Waals surface area contributed by atoms with Gasteiger partial charge in [0.05, 0.1) is 6.04 Å². The number of aliphatic carboxylic acids is 1. The third kappa shape index (κ3) is 12.2. The number of guanidine groups is 1. The van der Waals surface area contributed by atoms with Gasteiger partial charge in [-0.15, -0.1) is 0 Å². The lowest BCUT2D eigenvalue weighted by atomic mass is 10.0. The van der Waals surface area contributed by atoms with E-state index in [9.17, 15) is 19.2 Å². The fraction of sp³-hybridized carbons (Fsp3) is 0.706. The molecule has 0 spiro atoms. The SMILES string of the molecule is CC(C)CC(NC(=O)C(N)CCCN=C(N)N)C(=O)NC(C)C(=O)NCC(=O)O. The molecule has 3 atom stereocenters. The van der Waals surface area contributed by atoms with Crippen molar-refractivity contribution in [2.45, 2.75) is 58.2 Å². The average molecular weight is 415 g/mol. The summed E-state index contributed by atoms with van der Waals surface area (Å²) in [6.07, 6.45) is 1.16. The third-order valence-electron chi connectivity index (χ3n) is 3.81. The summed E-state index contributed by atoms with van der Waals surface area (Å²) in [5.41, 5.74) is 16.3. The Morgan fingerprint density at radius 2 is 1.62 bits per heavy atom. The van der Waals surface area contributed by atoms with Crippen LogP contribution in [0.3, 0.4) is 0 Å². The molecule has 0 radical (unpaired) electrons. The molecule has 0 rings (SSSR count).